The van der Waals surface area contributed by atoms with E-state index in [1.165, 1.54) is 0 Å². The summed E-state index contributed by atoms with van der Waals surface area (Å²) in [6.07, 6.45) is 0.729. The van der Waals surface area contributed by atoms with Crippen molar-refractivity contribution in [3.8, 4) is 5.88 Å². The second kappa shape index (κ2) is 5.45. The van der Waals surface area contributed by atoms with Crippen LogP contribution < -0.4 is 4.74 Å². The predicted octanol–water partition coefficient (Wildman–Crippen LogP) is 3.26. The normalized spacial score (nSPS) is 11.2. The van der Waals surface area contributed by atoms with Gasteiger partial charge in [-0.15, -0.1) is 0 Å². The molecule has 1 aromatic heterocycles. The Labute approximate surface area is 102 Å². The van der Waals surface area contributed by atoms with Gasteiger partial charge in [-0.2, -0.15) is 0 Å². The number of ether oxygens (including phenoxy) is 1. The number of hydrogen-bond donors (Lipinski definition) is 0. The van der Waals surface area contributed by atoms with Gasteiger partial charge in [-0.1, -0.05) is 31.2 Å². The zero-order valence-corrected chi connectivity index (χ0v) is 11.5. The highest BCUT2D eigenvalue weighted by molar-refractivity contribution is 6.76. The lowest BCUT2D eigenvalue weighted by Gasteiger charge is -2.16. The Morgan fingerprint density at radius 2 is 2.12 bits per heavy atom. The molecule has 0 aromatic carbocycles. The third kappa shape index (κ3) is 4.33. The summed E-state index contributed by atoms with van der Waals surface area (Å²) in [7, 11) is -1.13. The second-order valence-corrected chi connectivity index (χ2v) is 10.8. The van der Waals surface area contributed by atoms with Gasteiger partial charge in [0.2, 0.25) is 5.88 Å². The van der Waals surface area contributed by atoms with E-state index in [0.717, 1.165) is 12.3 Å². The van der Waals surface area contributed by atoms with Gasteiger partial charge in [0.05, 0.1) is 12.2 Å². The van der Waals surface area contributed by atoms with E-state index in [1.54, 1.807) is 12.1 Å². The van der Waals surface area contributed by atoms with Crippen molar-refractivity contribution in [2.75, 3.05) is 6.61 Å². The molecule has 88 valence electrons. The van der Waals surface area contributed by atoms with E-state index < -0.39 is 8.07 Å². The molecule has 0 bridgehead atoms. The van der Waals surface area contributed by atoms with E-state index in [9.17, 15) is 4.79 Å². The Hall–Kier alpha value is -0.873. The lowest BCUT2D eigenvalue weighted by atomic mass is 10.3. The van der Waals surface area contributed by atoms with Gasteiger partial charge in [0.15, 0.2) is 6.29 Å². The summed E-state index contributed by atoms with van der Waals surface area (Å²) in [5.74, 6) is 0.334. The molecule has 1 aromatic rings. The minimum atomic E-state index is -1.13. The average Bonchev–Trinajstić information content (AvgIpc) is 2.16. The molecule has 5 heteroatoms. The Bertz CT molecular complexity index is 377. The van der Waals surface area contributed by atoms with Gasteiger partial charge in [0, 0.05) is 8.07 Å². The number of aromatic nitrogens is 1. The molecule has 0 aliphatic heterocycles. The van der Waals surface area contributed by atoms with Gasteiger partial charge in [-0.3, -0.25) is 4.79 Å². The number of carbonyl (C=O) groups excluding carboxylic acids is 1. The monoisotopic (exact) mass is 257 g/mol. The molecular weight excluding hydrogens is 242 g/mol. The molecular formula is C11H16ClNO2Si. The number of aldehydes is 1. The fraction of sp³-hybridized carbons (Fsp3) is 0.455. The molecule has 1 heterocycles. The van der Waals surface area contributed by atoms with Crippen LogP contribution in [-0.2, 0) is 0 Å². The summed E-state index contributed by atoms with van der Waals surface area (Å²) < 4.78 is 5.49. The highest BCUT2D eigenvalue weighted by Gasteiger charge is 2.13. The zero-order valence-electron chi connectivity index (χ0n) is 9.79. The van der Waals surface area contributed by atoms with Crippen LogP contribution in [0.3, 0.4) is 0 Å². The maximum atomic E-state index is 10.7. The Kier molecular flexibility index (Phi) is 4.50. The highest BCUT2D eigenvalue weighted by atomic mass is 35.5. The van der Waals surface area contributed by atoms with Gasteiger partial charge in [0.25, 0.3) is 0 Å². The molecule has 0 N–H and O–H groups in total. The molecule has 16 heavy (non-hydrogen) atoms. The average molecular weight is 258 g/mol. The van der Waals surface area contributed by atoms with E-state index in [0.29, 0.717) is 23.2 Å². The van der Waals surface area contributed by atoms with Crippen molar-refractivity contribution in [1.29, 1.82) is 0 Å². The lowest BCUT2D eigenvalue weighted by Crippen LogP contribution is -2.22. The number of rotatable bonds is 5. The second-order valence-electron chi connectivity index (χ2n) is 4.81. The van der Waals surface area contributed by atoms with Crippen LogP contribution >= 0.6 is 11.6 Å². The summed E-state index contributed by atoms with van der Waals surface area (Å²) in [5, 5.41) is 0.341. The summed E-state index contributed by atoms with van der Waals surface area (Å²) in [5.41, 5.74) is 0.444. The molecule has 0 atom stereocenters. The van der Waals surface area contributed by atoms with E-state index in [1.807, 2.05) is 0 Å². The Balaban J connectivity index is 2.65. The van der Waals surface area contributed by atoms with Crippen LogP contribution in [0.15, 0.2) is 12.1 Å². The van der Waals surface area contributed by atoms with Crippen LogP contribution in [0.1, 0.15) is 10.4 Å². The van der Waals surface area contributed by atoms with E-state index in [4.69, 9.17) is 16.3 Å². The molecule has 0 radical (unpaired) electrons. The molecule has 0 amide bonds. The van der Waals surface area contributed by atoms with Crippen molar-refractivity contribution in [3.63, 3.8) is 0 Å². The van der Waals surface area contributed by atoms with Crippen LogP contribution in [0.5, 0.6) is 5.88 Å². The quantitative estimate of drug-likeness (QED) is 0.462. The van der Waals surface area contributed by atoms with Crippen LogP contribution in [0.2, 0.25) is 30.8 Å². The van der Waals surface area contributed by atoms with Crippen LogP contribution in [0, 0.1) is 0 Å². The first-order valence-corrected chi connectivity index (χ1v) is 9.25. The van der Waals surface area contributed by atoms with Crippen LogP contribution in [-0.4, -0.2) is 26.0 Å². The third-order valence-corrected chi connectivity index (χ3v) is 3.99. The number of halogens is 1. The summed E-state index contributed by atoms with van der Waals surface area (Å²) in [6.45, 7) is 7.39. The first-order valence-electron chi connectivity index (χ1n) is 5.17. The zero-order chi connectivity index (χ0) is 12.2. The van der Waals surface area contributed by atoms with Gasteiger partial charge < -0.3 is 4.74 Å². The van der Waals surface area contributed by atoms with E-state index in [2.05, 4.69) is 24.6 Å². The van der Waals surface area contributed by atoms with Gasteiger partial charge >= 0.3 is 0 Å². The molecule has 0 aliphatic carbocycles. The van der Waals surface area contributed by atoms with Crippen LogP contribution in [0.4, 0.5) is 0 Å². The lowest BCUT2D eigenvalue weighted by molar-refractivity contribution is 0.111. The first-order chi connectivity index (χ1) is 7.42. The molecule has 0 saturated carbocycles. The summed E-state index contributed by atoms with van der Waals surface area (Å²) in [6, 6.07) is 4.22. The van der Waals surface area contributed by atoms with Crippen molar-refractivity contribution in [3.05, 3.63) is 22.8 Å². The minimum Gasteiger partial charge on any atom is -0.477 e. The van der Waals surface area contributed by atoms with Crippen molar-refractivity contribution in [2.24, 2.45) is 0 Å². The minimum absolute atomic E-state index is 0.334. The molecule has 0 fully saturated rings. The van der Waals surface area contributed by atoms with Crippen LogP contribution in [0.25, 0.3) is 0 Å². The molecule has 0 saturated heterocycles. The van der Waals surface area contributed by atoms with Crippen molar-refractivity contribution >= 4 is 26.0 Å². The number of carbonyl (C=O) groups is 1. The summed E-state index contributed by atoms with van der Waals surface area (Å²) >= 11 is 5.74. The van der Waals surface area contributed by atoms with E-state index in [-0.39, 0.29) is 0 Å². The Morgan fingerprint density at radius 1 is 1.44 bits per heavy atom. The fourth-order valence-corrected chi connectivity index (χ4v) is 1.94. The fourth-order valence-electron chi connectivity index (χ4n) is 1.09. The maximum Gasteiger partial charge on any atom is 0.225 e. The topological polar surface area (TPSA) is 39.2 Å². The van der Waals surface area contributed by atoms with Crippen molar-refractivity contribution < 1.29 is 9.53 Å². The molecule has 0 aliphatic rings. The maximum absolute atomic E-state index is 10.7. The van der Waals surface area contributed by atoms with Gasteiger partial charge in [-0.05, 0) is 18.2 Å². The third-order valence-electron chi connectivity index (χ3n) is 2.07. The van der Waals surface area contributed by atoms with Crippen molar-refractivity contribution in [2.45, 2.75) is 25.7 Å². The summed E-state index contributed by atoms with van der Waals surface area (Å²) in [4.78, 5) is 14.7. The predicted molar refractivity (Wildman–Crippen MR) is 68.3 cm³/mol. The SMILES string of the molecule is C[Si](C)(C)CCOc1nc(Cl)ccc1C=O. The smallest absolute Gasteiger partial charge is 0.225 e. The number of hydrogen-bond acceptors (Lipinski definition) is 3. The highest BCUT2D eigenvalue weighted by Crippen LogP contribution is 2.18. The molecule has 3 nitrogen and oxygen atoms in total. The molecule has 0 unspecified atom stereocenters. The molecule has 1 rings (SSSR count). The standard InChI is InChI=1S/C11H16ClNO2Si/c1-16(2,3)7-6-15-11-9(8-14)4-5-10(12)13-11/h4-5,8H,6-7H2,1-3H3. The van der Waals surface area contributed by atoms with Gasteiger partial charge in [-0.25, -0.2) is 4.98 Å². The largest absolute Gasteiger partial charge is 0.477 e. The number of pyridine rings is 1. The number of nitrogens with zero attached hydrogens (tertiary/aromatic N) is 1. The first kappa shape index (κ1) is 13.2. The van der Waals surface area contributed by atoms with Crippen molar-refractivity contribution in [1.82, 2.24) is 4.98 Å². The molecule has 0 spiro atoms. The van der Waals surface area contributed by atoms with E-state index >= 15 is 0 Å². The van der Waals surface area contributed by atoms with Gasteiger partial charge in [0.1, 0.15) is 5.15 Å². The Morgan fingerprint density at radius 3 is 2.69 bits per heavy atom.